The number of aryl methyl sites for hydroxylation is 1. The van der Waals surface area contributed by atoms with Gasteiger partial charge in [0.1, 0.15) is 22.7 Å². The number of carbonyl (C=O) groups is 1. The van der Waals surface area contributed by atoms with E-state index in [9.17, 15) is 15.2 Å². The van der Waals surface area contributed by atoms with E-state index in [4.69, 9.17) is 10.2 Å². The standard InChI is InChI=1S/C46H49N5O2S3/c1-3-5-7-9-11-15-27-50-37-17-13-14-18-42(37)56-43-30-32(19-23-38(43)50)39-25-26-41(55-39)36-22-21-35(40-24-20-34(54-40)29-33(31-47)46(52)53)44-45(36)49-51(48-44)28-16-12-10-8-6-4-2/h13-14,17-26,29-30H,3-12,15-16,27-28H2,1-2H3,(H,52,53)/b33-29-. The minimum atomic E-state index is -1.23. The maximum Gasteiger partial charge on any atom is 0.346 e. The molecule has 0 saturated carbocycles. The largest absolute Gasteiger partial charge is 0.477 e. The Morgan fingerprint density at radius 1 is 0.696 bits per heavy atom. The summed E-state index contributed by atoms with van der Waals surface area (Å²) in [5.74, 6) is -1.23. The number of rotatable bonds is 19. The number of nitrogens with zero attached hydrogens (tertiary/aromatic N) is 5. The summed E-state index contributed by atoms with van der Waals surface area (Å²) >= 11 is 5.09. The molecule has 1 aliphatic rings. The van der Waals surface area contributed by atoms with Gasteiger partial charge in [-0.1, -0.05) is 120 Å². The minimum absolute atomic E-state index is 0.287. The Morgan fingerprint density at radius 2 is 1.30 bits per heavy atom. The molecule has 288 valence electrons. The summed E-state index contributed by atoms with van der Waals surface area (Å²) in [6, 6.07) is 30.0. The monoisotopic (exact) mass is 799 g/mol. The fourth-order valence-corrected chi connectivity index (χ4v) is 10.5. The van der Waals surface area contributed by atoms with E-state index in [0.29, 0.717) is 4.88 Å². The highest BCUT2D eigenvalue weighted by Gasteiger charge is 2.24. The SMILES string of the molecule is CCCCCCCCN1c2ccccc2Sc2cc(-c3ccc(-c4ccc(-c5ccc(/C=C(/C#N)C(=O)O)s5)c5nn(CCCCCCCC)nc45)s3)ccc21. The number of anilines is 2. The van der Waals surface area contributed by atoms with Crippen molar-refractivity contribution in [3.05, 3.63) is 89.3 Å². The van der Waals surface area contributed by atoms with Gasteiger partial charge in [-0.25, -0.2) is 4.79 Å². The summed E-state index contributed by atoms with van der Waals surface area (Å²) < 4.78 is 0. The molecule has 0 fully saturated rings. The van der Waals surface area contributed by atoms with E-state index >= 15 is 0 Å². The van der Waals surface area contributed by atoms with Crippen LogP contribution in [0.3, 0.4) is 0 Å². The molecule has 7 rings (SSSR count). The zero-order valence-corrected chi connectivity index (χ0v) is 34.7. The second kappa shape index (κ2) is 19.0. The molecule has 6 aromatic rings. The van der Waals surface area contributed by atoms with Crippen LogP contribution in [0.25, 0.3) is 48.4 Å². The molecule has 0 radical (unpaired) electrons. The van der Waals surface area contributed by atoms with Gasteiger partial charge in [0.25, 0.3) is 0 Å². The first kappa shape index (κ1) is 39.5. The minimum Gasteiger partial charge on any atom is -0.477 e. The van der Waals surface area contributed by atoms with Crippen LogP contribution in [-0.2, 0) is 11.3 Å². The van der Waals surface area contributed by atoms with E-state index in [1.54, 1.807) is 17.4 Å². The zero-order chi connectivity index (χ0) is 38.9. The van der Waals surface area contributed by atoms with Gasteiger partial charge < -0.3 is 10.0 Å². The Morgan fingerprint density at radius 3 is 2.00 bits per heavy atom. The predicted octanol–water partition coefficient (Wildman–Crippen LogP) is 13.9. The van der Waals surface area contributed by atoms with Gasteiger partial charge in [-0.3, -0.25) is 0 Å². The molecule has 4 heterocycles. The molecule has 7 nitrogen and oxygen atoms in total. The van der Waals surface area contributed by atoms with E-state index in [0.717, 1.165) is 57.8 Å². The molecular weight excluding hydrogens is 751 g/mol. The normalized spacial score (nSPS) is 12.5. The summed E-state index contributed by atoms with van der Waals surface area (Å²) in [6.45, 7) is 6.29. The van der Waals surface area contributed by atoms with Gasteiger partial charge in [0, 0.05) is 47.0 Å². The number of hydrogen-bond acceptors (Lipinski definition) is 8. The molecule has 0 atom stereocenters. The van der Waals surface area contributed by atoms with Crippen LogP contribution in [0.1, 0.15) is 95.8 Å². The lowest BCUT2D eigenvalue weighted by molar-refractivity contribution is -0.132. The van der Waals surface area contributed by atoms with Crippen molar-refractivity contribution in [2.75, 3.05) is 11.4 Å². The van der Waals surface area contributed by atoms with Crippen LogP contribution < -0.4 is 4.90 Å². The number of nitriles is 1. The Labute approximate surface area is 342 Å². The number of carboxylic acids is 1. The second-order valence-corrected chi connectivity index (χ2v) is 17.7. The van der Waals surface area contributed by atoms with Crippen molar-refractivity contribution < 1.29 is 9.90 Å². The number of para-hydroxylation sites is 1. The van der Waals surface area contributed by atoms with Gasteiger partial charge in [0.15, 0.2) is 0 Å². The van der Waals surface area contributed by atoms with Crippen LogP contribution in [0, 0.1) is 11.3 Å². The van der Waals surface area contributed by atoms with Gasteiger partial charge in [-0.05, 0) is 73.0 Å². The summed E-state index contributed by atoms with van der Waals surface area (Å²) in [6.07, 6.45) is 16.3. The summed E-state index contributed by atoms with van der Waals surface area (Å²) in [5.41, 5.74) is 7.21. The van der Waals surface area contributed by atoms with Crippen molar-refractivity contribution in [1.29, 1.82) is 5.26 Å². The third kappa shape index (κ3) is 9.12. The van der Waals surface area contributed by atoms with E-state index < -0.39 is 5.97 Å². The van der Waals surface area contributed by atoms with Crippen molar-refractivity contribution in [2.45, 2.75) is 107 Å². The molecular formula is C46H49N5O2S3. The number of unbranched alkanes of at least 4 members (excludes halogenated alkanes) is 10. The first-order valence-electron chi connectivity index (χ1n) is 20.1. The quantitative estimate of drug-likeness (QED) is 0.0495. The molecule has 0 aliphatic carbocycles. The Kier molecular flexibility index (Phi) is 13.4. The van der Waals surface area contributed by atoms with E-state index in [-0.39, 0.29) is 5.57 Å². The average Bonchev–Trinajstić information content (AvgIpc) is 3.99. The van der Waals surface area contributed by atoms with Gasteiger partial charge in [-0.15, -0.1) is 22.7 Å². The first-order chi connectivity index (χ1) is 27.5. The third-order valence-corrected chi connectivity index (χ3v) is 13.7. The molecule has 1 N–H and O–H groups in total. The lowest BCUT2D eigenvalue weighted by Crippen LogP contribution is -2.21. The van der Waals surface area contributed by atoms with Crippen molar-refractivity contribution in [3.63, 3.8) is 0 Å². The lowest BCUT2D eigenvalue weighted by Gasteiger charge is -2.33. The topological polar surface area (TPSA) is 95.0 Å². The van der Waals surface area contributed by atoms with Crippen LogP contribution in [0.5, 0.6) is 0 Å². The lowest BCUT2D eigenvalue weighted by atomic mass is 10.1. The summed E-state index contributed by atoms with van der Waals surface area (Å²) in [5, 5.41) is 28.8. The van der Waals surface area contributed by atoms with Crippen LogP contribution in [0.4, 0.5) is 11.4 Å². The Hall–Kier alpha value is -4.69. The van der Waals surface area contributed by atoms with Crippen LogP contribution in [0.15, 0.2) is 94.2 Å². The molecule has 0 amide bonds. The number of benzene rings is 3. The maximum atomic E-state index is 11.5. The average molecular weight is 800 g/mol. The van der Waals surface area contributed by atoms with Gasteiger partial charge in [0.2, 0.25) is 0 Å². The van der Waals surface area contributed by atoms with E-state index in [1.807, 2.05) is 28.7 Å². The molecule has 0 unspecified atom stereocenters. The van der Waals surface area contributed by atoms with Crippen molar-refractivity contribution in [3.8, 4) is 37.4 Å². The summed E-state index contributed by atoms with van der Waals surface area (Å²) in [7, 11) is 0. The van der Waals surface area contributed by atoms with Crippen molar-refractivity contribution in [2.24, 2.45) is 0 Å². The zero-order valence-electron chi connectivity index (χ0n) is 32.3. The smallest absolute Gasteiger partial charge is 0.346 e. The second-order valence-electron chi connectivity index (χ2n) is 14.4. The van der Waals surface area contributed by atoms with E-state index in [2.05, 4.69) is 85.5 Å². The number of aromatic nitrogens is 3. The number of thiophene rings is 2. The number of carboxylic acid groups (broad SMARTS) is 1. The molecule has 56 heavy (non-hydrogen) atoms. The van der Waals surface area contributed by atoms with Gasteiger partial charge in [-0.2, -0.15) is 20.3 Å². The molecule has 0 spiro atoms. The fraction of sp³-hybridized carbons (Fsp3) is 0.348. The summed E-state index contributed by atoms with van der Waals surface area (Å²) in [4.78, 5) is 22.5. The third-order valence-electron chi connectivity index (χ3n) is 10.3. The number of hydrogen-bond donors (Lipinski definition) is 1. The predicted molar refractivity (Wildman–Crippen MR) is 235 cm³/mol. The fourth-order valence-electron chi connectivity index (χ4n) is 7.34. The molecule has 0 bridgehead atoms. The van der Waals surface area contributed by atoms with Crippen molar-refractivity contribution >= 4 is 68.9 Å². The van der Waals surface area contributed by atoms with Crippen molar-refractivity contribution in [1.82, 2.24) is 15.0 Å². The molecule has 3 aromatic carbocycles. The number of fused-ring (bicyclic) bond motifs is 3. The molecule has 3 aromatic heterocycles. The molecule has 1 aliphatic heterocycles. The number of aliphatic carboxylic acids is 1. The highest BCUT2D eigenvalue weighted by molar-refractivity contribution is 7.99. The Balaban J connectivity index is 1.17. The maximum absolute atomic E-state index is 11.5. The van der Waals surface area contributed by atoms with Crippen LogP contribution in [-0.4, -0.2) is 32.6 Å². The molecule has 0 saturated heterocycles. The van der Waals surface area contributed by atoms with Gasteiger partial charge >= 0.3 is 5.97 Å². The highest BCUT2D eigenvalue weighted by atomic mass is 32.2. The Bertz CT molecular complexity index is 2360. The van der Waals surface area contributed by atoms with Crippen LogP contribution >= 0.6 is 34.4 Å². The van der Waals surface area contributed by atoms with Gasteiger partial charge in [0.05, 0.1) is 17.9 Å². The van der Waals surface area contributed by atoms with E-state index in [1.165, 1.54) is 113 Å². The van der Waals surface area contributed by atoms with Crippen LogP contribution in [0.2, 0.25) is 0 Å². The first-order valence-corrected chi connectivity index (χ1v) is 22.5. The highest BCUT2D eigenvalue weighted by Crippen LogP contribution is 2.50. The molecule has 10 heteroatoms.